The number of nitrogens with zero attached hydrogens (tertiary/aromatic N) is 2. The van der Waals surface area contributed by atoms with Gasteiger partial charge in [0.05, 0.1) is 4.90 Å². The van der Waals surface area contributed by atoms with Crippen molar-refractivity contribution in [2.24, 2.45) is 0 Å². The third kappa shape index (κ3) is 4.66. The van der Waals surface area contributed by atoms with Crippen LogP contribution in [0.4, 0.5) is 0 Å². The fourth-order valence-corrected chi connectivity index (χ4v) is 4.58. The van der Waals surface area contributed by atoms with Crippen LogP contribution in [-0.4, -0.2) is 55.8 Å². The first-order valence-electron chi connectivity index (χ1n) is 9.05. The summed E-state index contributed by atoms with van der Waals surface area (Å²) in [7, 11) is -3.60. The van der Waals surface area contributed by atoms with Crippen LogP contribution in [0.2, 0.25) is 5.02 Å². The average Bonchev–Trinajstić information content (AvgIpc) is 2.69. The van der Waals surface area contributed by atoms with Gasteiger partial charge in [0.2, 0.25) is 10.0 Å². The summed E-state index contributed by atoms with van der Waals surface area (Å²) in [5.74, 6) is 0.486. The number of rotatable bonds is 5. The third-order valence-electron chi connectivity index (χ3n) is 4.68. The van der Waals surface area contributed by atoms with E-state index in [-0.39, 0.29) is 23.9 Å². The summed E-state index contributed by atoms with van der Waals surface area (Å²) < 4.78 is 32.6. The minimum atomic E-state index is -3.60. The van der Waals surface area contributed by atoms with Crippen LogP contribution in [-0.2, 0) is 14.8 Å². The van der Waals surface area contributed by atoms with E-state index >= 15 is 0 Å². The largest absolute Gasteiger partial charge is 0.481 e. The number of halogens is 1. The number of hydrogen-bond donors (Lipinski definition) is 0. The molecular weight excluding hydrogens is 400 g/mol. The molecule has 6 nitrogen and oxygen atoms in total. The Bertz CT molecular complexity index is 922. The summed E-state index contributed by atoms with van der Waals surface area (Å²) in [6.45, 7) is 4.83. The van der Waals surface area contributed by atoms with E-state index in [9.17, 15) is 13.2 Å². The first kappa shape index (κ1) is 20.6. The molecule has 1 fully saturated rings. The fraction of sp³-hybridized carbons (Fsp3) is 0.350. The molecule has 28 heavy (non-hydrogen) atoms. The molecule has 2 aromatic carbocycles. The Labute approximate surface area is 170 Å². The van der Waals surface area contributed by atoms with Crippen molar-refractivity contribution in [3.63, 3.8) is 0 Å². The first-order valence-corrected chi connectivity index (χ1v) is 10.9. The van der Waals surface area contributed by atoms with Crippen LogP contribution in [0.15, 0.2) is 53.4 Å². The van der Waals surface area contributed by atoms with E-state index in [1.165, 1.54) is 16.4 Å². The zero-order valence-electron chi connectivity index (χ0n) is 15.8. The number of carbonyl (C=O) groups excluding carboxylic acids is 1. The van der Waals surface area contributed by atoms with Gasteiger partial charge in [0.1, 0.15) is 5.75 Å². The zero-order valence-corrected chi connectivity index (χ0v) is 17.4. The zero-order chi connectivity index (χ0) is 20.3. The van der Waals surface area contributed by atoms with Crippen molar-refractivity contribution < 1.29 is 17.9 Å². The molecule has 0 bridgehead atoms. The normalized spacial score (nSPS) is 16.6. The molecule has 1 amide bonds. The van der Waals surface area contributed by atoms with Crippen molar-refractivity contribution in [3.8, 4) is 5.75 Å². The highest BCUT2D eigenvalue weighted by molar-refractivity contribution is 7.89. The topological polar surface area (TPSA) is 66.9 Å². The highest BCUT2D eigenvalue weighted by Gasteiger charge is 2.32. The van der Waals surface area contributed by atoms with Crippen molar-refractivity contribution in [2.45, 2.75) is 24.8 Å². The Morgan fingerprint density at radius 3 is 2.14 bits per heavy atom. The minimum absolute atomic E-state index is 0.149. The molecule has 0 saturated carbocycles. The number of sulfonamides is 1. The van der Waals surface area contributed by atoms with Gasteiger partial charge in [0, 0.05) is 31.2 Å². The Balaban J connectivity index is 1.58. The molecule has 1 unspecified atom stereocenters. The molecule has 8 heteroatoms. The van der Waals surface area contributed by atoms with Gasteiger partial charge in [0.15, 0.2) is 6.10 Å². The second kappa shape index (κ2) is 8.51. The van der Waals surface area contributed by atoms with Gasteiger partial charge < -0.3 is 9.64 Å². The van der Waals surface area contributed by atoms with E-state index in [0.717, 1.165) is 5.56 Å². The van der Waals surface area contributed by atoms with E-state index in [0.29, 0.717) is 23.9 Å². The van der Waals surface area contributed by atoms with Crippen molar-refractivity contribution in [1.29, 1.82) is 0 Å². The maximum absolute atomic E-state index is 12.7. The number of aryl methyl sites for hydroxylation is 1. The number of benzene rings is 2. The first-order chi connectivity index (χ1) is 13.3. The third-order valence-corrected chi connectivity index (χ3v) is 6.85. The van der Waals surface area contributed by atoms with Gasteiger partial charge >= 0.3 is 0 Å². The van der Waals surface area contributed by atoms with E-state index < -0.39 is 16.1 Å². The second-order valence-electron chi connectivity index (χ2n) is 6.76. The summed E-state index contributed by atoms with van der Waals surface area (Å²) in [6, 6.07) is 13.6. The number of ether oxygens (including phenoxy) is 1. The van der Waals surface area contributed by atoms with E-state index in [1.54, 1.807) is 24.0 Å². The Morgan fingerprint density at radius 2 is 1.57 bits per heavy atom. The number of amides is 1. The molecule has 1 atom stereocenters. The number of carbonyl (C=O) groups is 1. The quantitative estimate of drug-likeness (QED) is 0.743. The fourth-order valence-electron chi connectivity index (χ4n) is 3.03. The molecule has 0 aliphatic carbocycles. The lowest BCUT2D eigenvalue weighted by atomic mass is 10.2. The molecule has 0 aromatic heterocycles. The molecular formula is C20H23ClN2O4S. The van der Waals surface area contributed by atoms with Gasteiger partial charge in [-0.15, -0.1) is 0 Å². The van der Waals surface area contributed by atoms with Gasteiger partial charge in [-0.05, 0) is 50.2 Å². The predicted molar refractivity (Wildman–Crippen MR) is 108 cm³/mol. The Morgan fingerprint density at radius 1 is 1.00 bits per heavy atom. The lowest BCUT2D eigenvalue weighted by Crippen LogP contribution is -2.53. The lowest BCUT2D eigenvalue weighted by molar-refractivity contribution is -0.139. The molecule has 2 aromatic rings. The van der Waals surface area contributed by atoms with Gasteiger partial charge in [-0.25, -0.2) is 8.42 Å². The predicted octanol–water partition coefficient (Wildman–Crippen LogP) is 2.95. The van der Waals surface area contributed by atoms with Gasteiger partial charge in [-0.3, -0.25) is 4.79 Å². The van der Waals surface area contributed by atoms with Crippen molar-refractivity contribution in [2.75, 3.05) is 26.2 Å². The molecule has 0 spiro atoms. The second-order valence-corrected chi connectivity index (χ2v) is 9.13. The van der Waals surface area contributed by atoms with Crippen LogP contribution >= 0.6 is 11.6 Å². The molecule has 1 aliphatic rings. The van der Waals surface area contributed by atoms with E-state index in [4.69, 9.17) is 16.3 Å². The van der Waals surface area contributed by atoms with Crippen LogP contribution in [0.25, 0.3) is 0 Å². The highest BCUT2D eigenvalue weighted by atomic mass is 35.5. The maximum atomic E-state index is 12.7. The summed E-state index contributed by atoms with van der Waals surface area (Å²) in [4.78, 5) is 14.5. The van der Waals surface area contributed by atoms with Crippen LogP contribution in [0, 0.1) is 6.92 Å². The van der Waals surface area contributed by atoms with E-state index in [1.807, 2.05) is 31.2 Å². The molecule has 0 N–H and O–H groups in total. The summed E-state index contributed by atoms with van der Waals surface area (Å²) in [5.41, 5.74) is 1.12. The van der Waals surface area contributed by atoms with Gasteiger partial charge in [-0.2, -0.15) is 4.31 Å². The van der Waals surface area contributed by atoms with Crippen LogP contribution in [0.3, 0.4) is 0 Å². The molecule has 1 saturated heterocycles. The summed E-state index contributed by atoms with van der Waals surface area (Å²) in [6.07, 6.45) is -0.637. The van der Waals surface area contributed by atoms with Gasteiger partial charge in [0.25, 0.3) is 5.91 Å². The standard InChI is InChI=1S/C20H23ClN2O4S/c1-15-3-7-18(8-4-15)27-16(2)20(24)22-11-13-23(14-12-22)28(25,26)19-9-5-17(21)6-10-19/h3-10,16H,11-14H2,1-2H3. The number of hydrogen-bond acceptors (Lipinski definition) is 4. The Hall–Kier alpha value is -2.09. The SMILES string of the molecule is Cc1ccc(OC(C)C(=O)N2CCN(S(=O)(=O)c3ccc(Cl)cc3)CC2)cc1. The Kier molecular flexibility index (Phi) is 6.27. The van der Waals surface area contributed by atoms with Crippen molar-refractivity contribution >= 4 is 27.5 Å². The molecule has 0 radical (unpaired) electrons. The van der Waals surface area contributed by atoms with Crippen LogP contribution < -0.4 is 4.74 Å². The van der Waals surface area contributed by atoms with Gasteiger partial charge in [-0.1, -0.05) is 29.3 Å². The summed E-state index contributed by atoms with van der Waals surface area (Å²) in [5, 5.41) is 0.483. The van der Waals surface area contributed by atoms with Crippen molar-refractivity contribution in [3.05, 3.63) is 59.1 Å². The lowest BCUT2D eigenvalue weighted by Gasteiger charge is -2.35. The summed E-state index contributed by atoms with van der Waals surface area (Å²) >= 11 is 5.83. The van der Waals surface area contributed by atoms with Crippen molar-refractivity contribution in [1.82, 2.24) is 9.21 Å². The van der Waals surface area contributed by atoms with Crippen LogP contribution in [0.1, 0.15) is 12.5 Å². The van der Waals surface area contributed by atoms with Crippen LogP contribution in [0.5, 0.6) is 5.75 Å². The average molecular weight is 423 g/mol. The maximum Gasteiger partial charge on any atom is 0.263 e. The van der Waals surface area contributed by atoms with E-state index in [2.05, 4.69) is 0 Å². The minimum Gasteiger partial charge on any atom is -0.481 e. The molecule has 3 rings (SSSR count). The smallest absolute Gasteiger partial charge is 0.263 e. The highest BCUT2D eigenvalue weighted by Crippen LogP contribution is 2.20. The molecule has 1 heterocycles. The number of piperazine rings is 1. The monoisotopic (exact) mass is 422 g/mol. The molecule has 1 aliphatic heterocycles. The molecule has 150 valence electrons.